The third kappa shape index (κ3) is 4.50. The van der Waals surface area contributed by atoms with Gasteiger partial charge in [0.05, 0.1) is 6.10 Å². The topological polar surface area (TPSA) is 58.5 Å². The van der Waals surface area contributed by atoms with Crippen molar-refractivity contribution in [3.05, 3.63) is 29.6 Å². The highest BCUT2D eigenvalue weighted by Crippen LogP contribution is 2.57. The molecule has 5 nitrogen and oxygen atoms in total. The molecule has 6 heteroatoms. The molecule has 2 N–H and O–H groups in total. The number of rotatable bonds is 7. The zero-order valence-electron chi connectivity index (χ0n) is 16.3. The van der Waals surface area contributed by atoms with Crippen molar-refractivity contribution < 1.29 is 4.74 Å². The van der Waals surface area contributed by atoms with Crippen LogP contribution in [0.25, 0.3) is 0 Å². The third-order valence-electron chi connectivity index (χ3n) is 5.88. The number of hydrogen-bond acceptors (Lipinski definition) is 3. The Morgan fingerprint density at radius 3 is 2.81 bits per heavy atom. The zero-order valence-corrected chi connectivity index (χ0v) is 18.6. The highest BCUT2D eigenvalue weighted by atomic mass is 127. The first-order chi connectivity index (χ1) is 12.2. The summed E-state index contributed by atoms with van der Waals surface area (Å²) >= 11 is 0. The summed E-state index contributed by atoms with van der Waals surface area (Å²) in [6.07, 6.45) is 10.2. The van der Waals surface area contributed by atoms with E-state index in [1.165, 1.54) is 30.4 Å². The van der Waals surface area contributed by atoms with Crippen LogP contribution in [0.3, 0.4) is 0 Å². The van der Waals surface area contributed by atoms with E-state index in [2.05, 4.69) is 42.5 Å². The van der Waals surface area contributed by atoms with Crippen LogP contribution in [0.2, 0.25) is 0 Å². The van der Waals surface area contributed by atoms with Crippen LogP contribution < -0.4 is 10.6 Å². The number of aromatic nitrogens is 1. The molecule has 3 rings (SSSR count). The fourth-order valence-electron chi connectivity index (χ4n) is 4.20. The number of pyridine rings is 1. The van der Waals surface area contributed by atoms with Crippen LogP contribution in [0.1, 0.15) is 50.7 Å². The molecule has 1 heterocycles. The van der Waals surface area contributed by atoms with Gasteiger partial charge in [0.25, 0.3) is 0 Å². The Kier molecular flexibility index (Phi) is 8.13. The van der Waals surface area contributed by atoms with Crippen molar-refractivity contribution in [3.8, 4) is 0 Å². The number of guanidine groups is 1. The van der Waals surface area contributed by atoms with Gasteiger partial charge in [-0.05, 0) is 63.6 Å². The highest BCUT2D eigenvalue weighted by Gasteiger charge is 2.59. The summed E-state index contributed by atoms with van der Waals surface area (Å²) in [7, 11) is 0. The number of halogens is 1. The largest absolute Gasteiger partial charge is 0.378 e. The van der Waals surface area contributed by atoms with Crippen LogP contribution in [-0.4, -0.2) is 42.8 Å². The van der Waals surface area contributed by atoms with Gasteiger partial charge in [0.1, 0.15) is 0 Å². The van der Waals surface area contributed by atoms with Crippen LogP contribution >= 0.6 is 24.0 Å². The van der Waals surface area contributed by atoms with Gasteiger partial charge in [-0.2, -0.15) is 0 Å². The molecule has 1 spiro atoms. The molecule has 0 saturated heterocycles. The predicted octanol–water partition coefficient (Wildman–Crippen LogP) is 3.45. The second-order valence-corrected chi connectivity index (χ2v) is 7.28. The third-order valence-corrected chi connectivity index (χ3v) is 5.88. The van der Waals surface area contributed by atoms with E-state index in [-0.39, 0.29) is 24.0 Å². The van der Waals surface area contributed by atoms with Gasteiger partial charge in [0.15, 0.2) is 5.96 Å². The summed E-state index contributed by atoms with van der Waals surface area (Å²) in [6.45, 7) is 8.81. The lowest BCUT2D eigenvalue weighted by molar-refractivity contribution is -0.168. The van der Waals surface area contributed by atoms with Crippen LogP contribution in [-0.2, 0) is 11.2 Å². The van der Waals surface area contributed by atoms with Gasteiger partial charge in [-0.25, -0.2) is 0 Å². The van der Waals surface area contributed by atoms with Crippen molar-refractivity contribution in [2.75, 3.05) is 19.7 Å². The zero-order chi connectivity index (χ0) is 17.7. The van der Waals surface area contributed by atoms with E-state index in [0.29, 0.717) is 17.6 Å². The number of nitrogens with one attached hydrogen (secondary N) is 2. The smallest absolute Gasteiger partial charge is 0.191 e. The molecular weight excluding hydrogens is 439 g/mol. The van der Waals surface area contributed by atoms with Gasteiger partial charge in [0.2, 0.25) is 0 Å². The van der Waals surface area contributed by atoms with E-state index in [9.17, 15) is 0 Å². The van der Waals surface area contributed by atoms with E-state index in [0.717, 1.165) is 38.5 Å². The second kappa shape index (κ2) is 9.88. The summed E-state index contributed by atoms with van der Waals surface area (Å²) < 4.78 is 5.95. The van der Waals surface area contributed by atoms with E-state index in [1.807, 2.05) is 12.4 Å². The standard InChI is InChI=1S/C20H32N4O.HI/c1-4-22-19(23-12-8-16-7-11-21-14-15(16)3)24-17-13-18(25-5-2)20(17)9-6-10-20;/h7,11,14,17-18H,4-6,8-10,12-13H2,1-3H3,(H2,22,23,24);1H. The molecule has 26 heavy (non-hydrogen) atoms. The van der Waals surface area contributed by atoms with E-state index in [1.54, 1.807) is 0 Å². The lowest BCUT2D eigenvalue weighted by Crippen LogP contribution is -2.68. The predicted molar refractivity (Wildman–Crippen MR) is 117 cm³/mol. The maximum Gasteiger partial charge on any atom is 0.191 e. The molecule has 0 bridgehead atoms. The molecule has 2 aliphatic carbocycles. The SMILES string of the molecule is CCNC(=NCCc1ccncc1C)NC1CC(OCC)C12CCC2.I. The van der Waals surface area contributed by atoms with Crippen molar-refractivity contribution in [1.82, 2.24) is 15.6 Å². The second-order valence-electron chi connectivity index (χ2n) is 7.28. The molecule has 2 saturated carbocycles. The van der Waals surface area contributed by atoms with Crippen LogP contribution in [0.15, 0.2) is 23.5 Å². The molecule has 2 unspecified atom stereocenters. The Labute approximate surface area is 174 Å². The first-order valence-electron chi connectivity index (χ1n) is 9.75. The van der Waals surface area contributed by atoms with Crippen LogP contribution in [0.4, 0.5) is 0 Å². The first kappa shape index (κ1) is 21.4. The van der Waals surface area contributed by atoms with Crippen molar-refractivity contribution >= 4 is 29.9 Å². The van der Waals surface area contributed by atoms with E-state index in [4.69, 9.17) is 9.73 Å². The monoisotopic (exact) mass is 472 g/mol. The fourth-order valence-corrected chi connectivity index (χ4v) is 4.20. The summed E-state index contributed by atoms with van der Waals surface area (Å²) in [6, 6.07) is 2.59. The quantitative estimate of drug-likeness (QED) is 0.363. The number of hydrogen-bond donors (Lipinski definition) is 2. The van der Waals surface area contributed by atoms with Crippen LogP contribution in [0, 0.1) is 12.3 Å². The van der Waals surface area contributed by atoms with Gasteiger partial charge < -0.3 is 15.4 Å². The molecule has 0 aromatic carbocycles. The lowest BCUT2D eigenvalue weighted by Gasteiger charge is -2.61. The summed E-state index contributed by atoms with van der Waals surface area (Å²) in [5, 5.41) is 7.08. The summed E-state index contributed by atoms with van der Waals surface area (Å²) in [5.74, 6) is 0.945. The first-order valence-corrected chi connectivity index (χ1v) is 9.75. The Bertz CT molecular complexity index is 603. The summed E-state index contributed by atoms with van der Waals surface area (Å²) in [5.41, 5.74) is 2.92. The molecule has 2 fully saturated rings. The Morgan fingerprint density at radius 1 is 1.38 bits per heavy atom. The highest BCUT2D eigenvalue weighted by molar-refractivity contribution is 14.0. The molecule has 1 aromatic heterocycles. The Hall–Kier alpha value is -0.890. The molecule has 1 aromatic rings. The Balaban J connectivity index is 0.00000243. The average molecular weight is 472 g/mol. The normalized spacial score (nSPS) is 23.6. The molecular formula is C20H33IN4O. The van der Waals surface area contributed by atoms with Gasteiger partial charge in [-0.3, -0.25) is 9.98 Å². The number of aliphatic imine (C=N–C) groups is 1. The van der Waals surface area contributed by atoms with Crippen molar-refractivity contribution in [2.24, 2.45) is 10.4 Å². The number of nitrogens with zero attached hydrogens (tertiary/aromatic N) is 2. The van der Waals surface area contributed by atoms with Gasteiger partial charge in [-0.1, -0.05) is 6.42 Å². The van der Waals surface area contributed by atoms with E-state index >= 15 is 0 Å². The van der Waals surface area contributed by atoms with Crippen molar-refractivity contribution in [2.45, 2.75) is 65.0 Å². The Morgan fingerprint density at radius 2 is 2.19 bits per heavy atom. The minimum absolute atomic E-state index is 0. The minimum Gasteiger partial charge on any atom is -0.378 e. The number of ether oxygens (including phenoxy) is 1. The van der Waals surface area contributed by atoms with Gasteiger partial charge >= 0.3 is 0 Å². The maximum absolute atomic E-state index is 5.95. The minimum atomic E-state index is 0. The molecule has 2 atom stereocenters. The molecule has 2 aliphatic rings. The molecule has 0 amide bonds. The molecule has 146 valence electrons. The average Bonchev–Trinajstić information content (AvgIpc) is 2.54. The number of aryl methyl sites for hydroxylation is 1. The summed E-state index contributed by atoms with van der Waals surface area (Å²) in [4.78, 5) is 8.96. The maximum atomic E-state index is 5.95. The van der Waals surface area contributed by atoms with Gasteiger partial charge in [-0.15, -0.1) is 24.0 Å². The molecule has 0 radical (unpaired) electrons. The molecule has 0 aliphatic heterocycles. The van der Waals surface area contributed by atoms with Crippen molar-refractivity contribution in [1.29, 1.82) is 0 Å². The fraction of sp³-hybridized carbons (Fsp3) is 0.700. The lowest BCUT2D eigenvalue weighted by atomic mass is 9.51. The van der Waals surface area contributed by atoms with Gasteiger partial charge in [0, 0.05) is 43.5 Å². The van der Waals surface area contributed by atoms with Crippen LogP contribution in [0.5, 0.6) is 0 Å². The van der Waals surface area contributed by atoms with E-state index < -0.39 is 0 Å². The van der Waals surface area contributed by atoms with Crippen molar-refractivity contribution in [3.63, 3.8) is 0 Å².